The quantitative estimate of drug-likeness (QED) is 0.756. The number of aryl methyl sites for hydroxylation is 2. The molecule has 0 amide bonds. The van der Waals surface area contributed by atoms with Crippen LogP contribution in [-0.2, 0) is 11.2 Å². The molecule has 4 heteroatoms. The summed E-state index contributed by atoms with van der Waals surface area (Å²) in [5, 5.41) is 8.61. The molecule has 1 aromatic heterocycles. The van der Waals surface area contributed by atoms with Crippen LogP contribution in [0, 0.1) is 12.8 Å². The third-order valence-corrected chi connectivity index (χ3v) is 3.03. The summed E-state index contributed by atoms with van der Waals surface area (Å²) in [5.74, 6) is 0.764. The molecule has 23 heavy (non-hydrogen) atoms. The average Bonchev–Trinajstić information content (AvgIpc) is 2.49. The number of ketones is 1. The number of carbonyl (C=O) groups is 1. The number of nitrogen functional groups attached to an aromatic ring is 1. The smallest absolute Gasteiger partial charge is 0.136 e. The minimum Gasteiger partial charge on any atom is -0.396 e. The first-order valence-electron chi connectivity index (χ1n) is 7.71. The van der Waals surface area contributed by atoms with Gasteiger partial charge in [-0.25, -0.2) is 4.98 Å². The predicted octanol–water partition coefficient (Wildman–Crippen LogP) is 3.41. The van der Waals surface area contributed by atoms with E-state index in [1.807, 2.05) is 50.3 Å². The summed E-state index contributed by atoms with van der Waals surface area (Å²) in [4.78, 5) is 14.9. The SMILES string of the molecule is C=C/C=C\C=C/C(C)C(C)=O.Cc1cc(N)nc(CCCO)c1. The first-order chi connectivity index (χ1) is 10.9. The largest absolute Gasteiger partial charge is 0.396 e. The van der Waals surface area contributed by atoms with E-state index < -0.39 is 0 Å². The zero-order chi connectivity index (χ0) is 17.7. The molecule has 0 spiro atoms. The Hall–Kier alpha value is -2.20. The van der Waals surface area contributed by atoms with Crippen LogP contribution in [0.1, 0.15) is 31.5 Å². The molecule has 0 aliphatic rings. The van der Waals surface area contributed by atoms with E-state index in [0.29, 0.717) is 5.82 Å². The van der Waals surface area contributed by atoms with E-state index in [0.717, 1.165) is 24.1 Å². The molecule has 1 unspecified atom stereocenters. The first-order valence-corrected chi connectivity index (χ1v) is 7.71. The van der Waals surface area contributed by atoms with Gasteiger partial charge >= 0.3 is 0 Å². The Kier molecular flexibility index (Phi) is 11.2. The molecule has 0 aliphatic heterocycles. The molecular formula is C19H28N2O2. The monoisotopic (exact) mass is 316 g/mol. The van der Waals surface area contributed by atoms with Gasteiger partial charge in [-0.05, 0) is 44.4 Å². The van der Waals surface area contributed by atoms with Crippen molar-refractivity contribution in [3.05, 3.63) is 60.3 Å². The predicted molar refractivity (Wildman–Crippen MR) is 97.1 cm³/mol. The van der Waals surface area contributed by atoms with Gasteiger partial charge in [0.2, 0.25) is 0 Å². The van der Waals surface area contributed by atoms with E-state index >= 15 is 0 Å². The van der Waals surface area contributed by atoms with Crippen molar-refractivity contribution >= 4 is 11.6 Å². The molecule has 0 aliphatic carbocycles. The minimum absolute atomic E-state index is 0.0180. The highest BCUT2D eigenvalue weighted by Crippen LogP contribution is 2.07. The number of nitrogens with zero attached hydrogens (tertiary/aromatic N) is 1. The molecule has 0 aromatic carbocycles. The fourth-order valence-corrected chi connectivity index (χ4v) is 1.67. The van der Waals surface area contributed by atoms with Crippen molar-refractivity contribution in [2.75, 3.05) is 12.3 Å². The molecule has 1 heterocycles. The van der Waals surface area contributed by atoms with Gasteiger partial charge in [-0.15, -0.1) is 0 Å². The second-order valence-corrected chi connectivity index (χ2v) is 5.29. The van der Waals surface area contributed by atoms with Gasteiger partial charge in [0.25, 0.3) is 0 Å². The van der Waals surface area contributed by atoms with Gasteiger partial charge in [0, 0.05) is 18.2 Å². The van der Waals surface area contributed by atoms with E-state index in [2.05, 4.69) is 11.6 Å². The average molecular weight is 316 g/mol. The van der Waals surface area contributed by atoms with Gasteiger partial charge in [0.1, 0.15) is 11.6 Å². The summed E-state index contributed by atoms with van der Waals surface area (Å²) >= 11 is 0. The summed E-state index contributed by atoms with van der Waals surface area (Å²) in [5.41, 5.74) is 7.64. The number of aromatic nitrogens is 1. The maximum Gasteiger partial charge on any atom is 0.136 e. The molecule has 0 saturated heterocycles. The molecule has 0 radical (unpaired) electrons. The Morgan fingerprint density at radius 3 is 2.61 bits per heavy atom. The Morgan fingerprint density at radius 2 is 2.09 bits per heavy atom. The molecule has 0 saturated carbocycles. The topological polar surface area (TPSA) is 76.2 Å². The lowest BCUT2D eigenvalue weighted by Gasteiger charge is -2.01. The fourth-order valence-electron chi connectivity index (χ4n) is 1.67. The van der Waals surface area contributed by atoms with E-state index in [9.17, 15) is 4.79 Å². The number of aliphatic hydroxyl groups excluding tert-OH is 1. The van der Waals surface area contributed by atoms with Crippen LogP contribution in [0.4, 0.5) is 5.82 Å². The number of rotatable bonds is 7. The maximum absolute atomic E-state index is 10.7. The summed E-state index contributed by atoms with van der Waals surface area (Å²) in [6.07, 6.45) is 10.6. The van der Waals surface area contributed by atoms with Crippen molar-refractivity contribution in [3.8, 4) is 0 Å². The van der Waals surface area contributed by atoms with Gasteiger partial charge < -0.3 is 10.8 Å². The highest BCUT2D eigenvalue weighted by Gasteiger charge is 1.99. The number of carbonyl (C=O) groups excluding carboxylic acids is 1. The highest BCUT2D eigenvalue weighted by atomic mass is 16.2. The molecule has 126 valence electrons. The number of allylic oxidation sites excluding steroid dienone is 5. The van der Waals surface area contributed by atoms with Gasteiger partial charge in [-0.2, -0.15) is 0 Å². The number of aliphatic hydroxyl groups is 1. The minimum atomic E-state index is 0.0180. The highest BCUT2D eigenvalue weighted by molar-refractivity contribution is 5.79. The summed E-state index contributed by atoms with van der Waals surface area (Å²) in [6, 6.07) is 3.83. The van der Waals surface area contributed by atoms with Gasteiger partial charge in [-0.1, -0.05) is 43.9 Å². The number of anilines is 1. The standard InChI is InChI=1S/C10H14O.C9H14N2O/c1-4-5-6-7-8-9(2)10(3)11;1-7-5-8(3-2-4-12)11-9(10)6-7/h4-9H,1H2,2-3H3;5-6,12H,2-4H2,1H3,(H2,10,11)/b6-5-,8-7-;. The van der Waals surface area contributed by atoms with E-state index in [4.69, 9.17) is 10.8 Å². The maximum atomic E-state index is 10.7. The Labute approximate surface area is 139 Å². The van der Waals surface area contributed by atoms with Crippen LogP contribution in [0.3, 0.4) is 0 Å². The van der Waals surface area contributed by atoms with Crippen molar-refractivity contribution < 1.29 is 9.90 Å². The molecular weight excluding hydrogens is 288 g/mol. The van der Waals surface area contributed by atoms with Crippen LogP contribution in [0.2, 0.25) is 0 Å². The Morgan fingerprint density at radius 1 is 1.39 bits per heavy atom. The van der Waals surface area contributed by atoms with Crippen molar-refractivity contribution in [2.45, 2.75) is 33.6 Å². The lowest BCUT2D eigenvalue weighted by molar-refractivity contribution is -0.118. The second-order valence-electron chi connectivity index (χ2n) is 5.29. The number of Topliss-reactive ketones (excluding diaryl/α,β-unsaturated/α-hetero) is 1. The number of hydrogen-bond acceptors (Lipinski definition) is 4. The zero-order valence-electron chi connectivity index (χ0n) is 14.3. The molecule has 4 nitrogen and oxygen atoms in total. The van der Waals surface area contributed by atoms with Crippen LogP contribution in [0.5, 0.6) is 0 Å². The van der Waals surface area contributed by atoms with Crippen molar-refractivity contribution in [3.63, 3.8) is 0 Å². The summed E-state index contributed by atoms with van der Waals surface area (Å²) < 4.78 is 0. The Balaban J connectivity index is 0.000000423. The lowest BCUT2D eigenvalue weighted by atomic mass is 10.1. The molecule has 1 atom stereocenters. The fraction of sp³-hybridized carbons (Fsp3) is 0.368. The Bertz CT molecular complexity index is 528. The first kappa shape index (κ1) is 20.8. The lowest BCUT2D eigenvalue weighted by Crippen LogP contribution is -2.01. The van der Waals surface area contributed by atoms with Crippen molar-refractivity contribution in [1.29, 1.82) is 0 Å². The van der Waals surface area contributed by atoms with E-state index in [1.165, 1.54) is 0 Å². The second kappa shape index (κ2) is 12.4. The molecule has 1 rings (SSSR count). The van der Waals surface area contributed by atoms with Gasteiger partial charge in [-0.3, -0.25) is 4.79 Å². The van der Waals surface area contributed by atoms with Crippen LogP contribution in [0.25, 0.3) is 0 Å². The van der Waals surface area contributed by atoms with E-state index in [-0.39, 0.29) is 18.3 Å². The number of pyridine rings is 1. The number of hydrogen-bond donors (Lipinski definition) is 2. The van der Waals surface area contributed by atoms with Gasteiger partial charge in [0.15, 0.2) is 0 Å². The number of nitrogens with two attached hydrogens (primary N) is 1. The van der Waals surface area contributed by atoms with Crippen molar-refractivity contribution in [1.82, 2.24) is 4.98 Å². The van der Waals surface area contributed by atoms with Gasteiger partial charge in [0.05, 0.1) is 0 Å². The van der Waals surface area contributed by atoms with E-state index in [1.54, 1.807) is 13.0 Å². The van der Waals surface area contributed by atoms with Crippen LogP contribution >= 0.6 is 0 Å². The summed E-state index contributed by atoms with van der Waals surface area (Å²) in [7, 11) is 0. The third-order valence-electron chi connectivity index (χ3n) is 3.03. The molecule has 0 bridgehead atoms. The molecule has 0 fully saturated rings. The summed E-state index contributed by atoms with van der Waals surface area (Å²) in [6.45, 7) is 9.18. The normalized spacial score (nSPS) is 12.0. The van der Waals surface area contributed by atoms with Crippen LogP contribution < -0.4 is 5.73 Å². The zero-order valence-corrected chi connectivity index (χ0v) is 14.3. The van der Waals surface area contributed by atoms with Crippen LogP contribution in [0.15, 0.2) is 49.1 Å². The van der Waals surface area contributed by atoms with Crippen molar-refractivity contribution in [2.24, 2.45) is 5.92 Å². The van der Waals surface area contributed by atoms with Crippen LogP contribution in [-0.4, -0.2) is 22.5 Å². The third kappa shape index (κ3) is 11.1. The molecule has 3 N–H and O–H groups in total. The molecule has 1 aromatic rings.